The Morgan fingerprint density at radius 3 is 1.08 bits per heavy atom. The Morgan fingerprint density at radius 1 is 0.640 bits per heavy atom. The van der Waals surface area contributed by atoms with Crippen molar-refractivity contribution in [2.45, 2.75) is 5.41 Å². The second-order valence-electron chi connectivity index (χ2n) is 4.97. The van der Waals surface area contributed by atoms with Gasteiger partial charge in [0.05, 0.1) is 0 Å². The third-order valence-electron chi connectivity index (χ3n) is 3.50. The zero-order valence-corrected chi connectivity index (χ0v) is 21.6. The molecule has 10 heteroatoms. The van der Waals surface area contributed by atoms with Crippen molar-refractivity contribution in [1.29, 1.82) is 0 Å². The summed E-state index contributed by atoms with van der Waals surface area (Å²) in [5.41, 5.74) is 10.2. The monoisotopic (exact) mass is 722 g/mol. The average molecular weight is 728 g/mol. The van der Waals surface area contributed by atoms with Crippen molar-refractivity contribution in [2.75, 3.05) is 0 Å². The van der Waals surface area contributed by atoms with Crippen molar-refractivity contribution in [3.05, 3.63) is 62.2 Å². The van der Waals surface area contributed by atoms with Crippen LogP contribution in [0.5, 0.6) is 0 Å². The van der Waals surface area contributed by atoms with Gasteiger partial charge in [-0.2, -0.15) is 0 Å². The number of hydrogen-bond acceptors (Lipinski definition) is 2. The Labute approximate surface area is 194 Å². The van der Waals surface area contributed by atoms with E-state index in [0.717, 1.165) is 8.95 Å². The molecule has 0 unspecified atom stereocenters. The number of primary amides is 2. The van der Waals surface area contributed by atoms with Crippen LogP contribution < -0.4 is 11.5 Å². The number of benzene rings is 2. The fourth-order valence-electron chi connectivity index (χ4n) is 2.54. The standard InChI is InChI=1S/C15H8Br6N2O2/c16-5-1-7(18)11(8(19)2-5)15(13(22)24,14(23)25)12-9(20)3-6(17)4-10(12)21/h1-4H,(H2,22,24)(H2,23,25). The lowest BCUT2D eigenvalue weighted by atomic mass is 9.73. The molecule has 0 bridgehead atoms. The van der Waals surface area contributed by atoms with Gasteiger partial charge in [0.25, 0.3) is 0 Å². The number of hydrogen-bond donors (Lipinski definition) is 2. The van der Waals surface area contributed by atoms with E-state index >= 15 is 0 Å². The van der Waals surface area contributed by atoms with Gasteiger partial charge in [0.2, 0.25) is 11.8 Å². The summed E-state index contributed by atoms with van der Waals surface area (Å²) >= 11 is 20.4. The molecular formula is C15H8Br6N2O2. The van der Waals surface area contributed by atoms with E-state index in [9.17, 15) is 9.59 Å². The van der Waals surface area contributed by atoms with E-state index in [4.69, 9.17) is 11.5 Å². The predicted octanol–water partition coefficient (Wildman–Crippen LogP) is 5.52. The summed E-state index contributed by atoms with van der Waals surface area (Å²) in [6.45, 7) is 0. The van der Waals surface area contributed by atoms with Gasteiger partial charge >= 0.3 is 0 Å². The first kappa shape index (κ1) is 21.6. The molecule has 0 saturated carbocycles. The highest BCUT2D eigenvalue weighted by molar-refractivity contribution is 9.12. The minimum atomic E-state index is -1.92. The van der Waals surface area contributed by atoms with Crippen molar-refractivity contribution in [1.82, 2.24) is 0 Å². The van der Waals surface area contributed by atoms with Crippen LogP contribution in [0.4, 0.5) is 0 Å². The summed E-state index contributed by atoms with van der Waals surface area (Å²) in [5.74, 6) is -1.79. The number of halogens is 6. The maximum absolute atomic E-state index is 12.7. The first-order valence-electron chi connectivity index (χ1n) is 6.43. The van der Waals surface area contributed by atoms with E-state index in [2.05, 4.69) is 95.6 Å². The lowest BCUT2D eigenvalue weighted by Crippen LogP contribution is -2.53. The second-order valence-corrected chi connectivity index (χ2v) is 10.2. The molecule has 0 radical (unpaired) electrons. The Hall–Kier alpha value is 0.260. The van der Waals surface area contributed by atoms with Gasteiger partial charge in [-0.05, 0) is 24.3 Å². The Bertz CT molecular complexity index is 780. The second kappa shape index (κ2) is 8.10. The summed E-state index contributed by atoms with van der Waals surface area (Å²) < 4.78 is 3.46. The normalized spacial score (nSPS) is 11.4. The summed E-state index contributed by atoms with van der Waals surface area (Å²) in [6, 6.07) is 6.84. The quantitative estimate of drug-likeness (QED) is 0.407. The molecule has 0 heterocycles. The maximum atomic E-state index is 12.7. The van der Waals surface area contributed by atoms with Gasteiger partial charge in [0.15, 0.2) is 5.41 Å². The third-order valence-corrected chi connectivity index (χ3v) is 6.92. The van der Waals surface area contributed by atoms with Crippen molar-refractivity contribution >= 4 is 107 Å². The number of rotatable bonds is 4. The molecule has 2 aromatic rings. The molecule has 0 aliphatic carbocycles. The Kier molecular flexibility index (Phi) is 6.98. The van der Waals surface area contributed by atoms with Gasteiger partial charge in [-0.15, -0.1) is 0 Å². The van der Waals surface area contributed by atoms with E-state index in [1.165, 1.54) is 0 Å². The van der Waals surface area contributed by atoms with Crippen molar-refractivity contribution in [2.24, 2.45) is 11.5 Å². The van der Waals surface area contributed by atoms with E-state index < -0.39 is 17.2 Å². The maximum Gasteiger partial charge on any atom is 0.242 e. The molecule has 0 spiro atoms. The molecule has 0 atom stereocenters. The zero-order valence-electron chi connectivity index (χ0n) is 12.0. The molecule has 2 rings (SSSR count). The Balaban J connectivity index is 3.07. The molecule has 25 heavy (non-hydrogen) atoms. The zero-order chi connectivity index (χ0) is 19.1. The average Bonchev–Trinajstić information content (AvgIpc) is 2.42. The van der Waals surface area contributed by atoms with Crippen molar-refractivity contribution in [3.8, 4) is 0 Å². The molecule has 0 aromatic heterocycles. The number of carbonyl (C=O) groups excluding carboxylic acids is 2. The summed E-state index contributed by atoms with van der Waals surface area (Å²) in [4.78, 5) is 25.3. The van der Waals surface area contributed by atoms with Crippen LogP contribution in [0, 0.1) is 0 Å². The van der Waals surface area contributed by atoms with Crippen LogP contribution in [0.25, 0.3) is 0 Å². The largest absolute Gasteiger partial charge is 0.368 e. The van der Waals surface area contributed by atoms with Crippen LogP contribution in [0.1, 0.15) is 11.1 Å². The number of amides is 2. The summed E-state index contributed by atoms with van der Waals surface area (Å²) in [7, 11) is 0. The molecule has 0 saturated heterocycles. The van der Waals surface area contributed by atoms with Gasteiger partial charge in [-0.3, -0.25) is 9.59 Å². The lowest BCUT2D eigenvalue weighted by Gasteiger charge is -2.32. The van der Waals surface area contributed by atoms with Crippen LogP contribution in [-0.2, 0) is 15.0 Å². The van der Waals surface area contributed by atoms with E-state index in [1.807, 2.05) is 0 Å². The molecule has 0 aliphatic heterocycles. The molecule has 2 amide bonds. The van der Waals surface area contributed by atoms with E-state index in [1.54, 1.807) is 24.3 Å². The first-order chi connectivity index (χ1) is 11.5. The molecule has 132 valence electrons. The summed E-state index contributed by atoms with van der Waals surface area (Å²) in [5, 5.41) is 0. The molecule has 0 fully saturated rings. The minimum absolute atomic E-state index is 0.319. The smallest absolute Gasteiger partial charge is 0.242 e. The van der Waals surface area contributed by atoms with Crippen LogP contribution in [0.15, 0.2) is 51.1 Å². The highest BCUT2D eigenvalue weighted by atomic mass is 79.9. The van der Waals surface area contributed by atoms with Gasteiger partial charge in [-0.25, -0.2) is 0 Å². The topological polar surface area (TPSA) is 86.2 Å². The van der Waals surface area contributed by atoms with Gasteiger partial charge in [-0.1, -0.05) is 95.6 Å². The highest BCUT2D eigenvalue weighted by Crippen LogP contribution is 2.47. The first-order valence-corrected chi connectivity index (χ1v) is 11.2. The van der Waals surface area contributed by atoms with E-state index in [-0.39, 0.29) is 0 Å². The molecule has 4 nitrogen and oxygen atoms in total. The van der Waals surface area contributed by atoms with Crippen LogP contribution >= 0.6 is 95.6 Å². The molecule has 4 N–H and O–H groups in total. The minimum Gasteiger partial charge on any atom is -0.368 e. The third kappa shape index (κ3) is 3.80. The fraction of sp³-hybridized carbons (Fsp3) is 0.0667. The molecule has 0 aliphatic rings. The fourth-order valence-corrected chi connectivity index (χ4v) is 8.25. The van der Waals surface area contributed by atoms with E-state index in [0.29, 0.717) is 29.0 Å². The van der Waals surface area contributed by atoms with Gasteiger partial charge in [0.1, 0.15) is 0 Å². The number of carbonyl (C=O) groups is 2. The number of nitrogens with two attached hydrogens (primary N) is 2. The van der Waals surface area contributed by atoms with Gasteiger partial charge < -0.3 is 11.5 Å². The van der Waals surface area contributed by atoms with Crippen molar-refractivity contribution < 1.29 is 9.59 Å². The highest BCUT2D eigenvalue weighted by Gasteiger charge is 2.51. The Morgan fingerprint density at radius 2 is 0.880 bits per heavy atom. The van der Waals surface area contributed by atoms with Crippen LogP contribution in [0.3, 0.4) is 0 Å². The predicted molar refractivity (Wildman–Crippen MR) is 118 cm³/mol. The summed E-state index contributed by atoms with van der Waals surface area (Å²) in [6.07, 6.45) is 0. The molecular weight excluding hydrogens is 720 g/mol. The molecule has 2 aromatic carbocycles. The SMILES string of the molecule is NC(=O)C(C(N)=O)(c1c(Br)cc(Br)cc1Br)c1c(Br)cc(Br)cc1Br. The lowest BCUT2D eigenvalue weighted by molar-refractivity contribution is -0.132. The van der Waals surface area contributed by atoms with Gasteiger partial charge in [0, 0.05) is 38.0 Å². The van der Waals surface area contributed by atoms with Crippen LogP contribution in [-0.4, -0.2) is 11.8 Å². The van der Waals surface area contributed by atoms with Crippen molar-refractivity contribution in [3.63, 3.8) is 0 Å². The van der Waals surface area contributed by atoms with Crippen LogP contribution in [0.2, 0.25) is 0 Å².